The van der Waals surface area contributed by atoms with Crippen LogP contribution >= 0.6 is 11.8 Å². The van der Waals surface area contributed by atoms with Crippen molar-refractivity contribution >= 4 is 35.2 Å². The number of hydrogen-bond donors (Lipinski definition) is 2. The van der Waals surface area contributed by atoms with Crippen LogP contribution in [0.2, 0.25) is 0 Å². The summed E-state index contributed by atoms with van der Waals surface area (Å²) in [5, 5.41) is 15.6. The average molecular weight is 450 g/mol. The van der Waals surface area contributed by atoms with Crippen molar-refractivity contribution in [1.82, 2.24) is 5.32 Å². The molecule has 32 heavy (non-hydrogen) atoms. The van der Waals surface area contributed by atoms with E-state index in [-0.39, 0.29) is 22.3 Å². The molecule has 8 heteroatoms. The molecule has 0 saturated heterocycles. The van der Waals surface area contributed by atoms with Crippen LogP contribution in [-0.2, 0) is 25.5 Å². The summed E-state index contributed by atoms with van der Waals surface area (Å²) in [5.41, 5.74) is 2.70. The molecular weight excluding hydrogens is 426 g/mol. The molecule has 1 aliphatic heterocycles. The van der Waals surface area contributed by atoms with E-state index in [1.165, 1.54) is 12.7 Å². The van der Waals surface area contributed by atoms with E-state index in [0.29, 0.717) is 11.3 Å². The fourth-order valence-electron chi connectivity index (χ4n) is 3.50. The largest absolute Gasteiger partial charge is 0.468 e. The lowest BCUT2D eigenvalue weighted by Crippen LogP contribution is -2.44. The van der Waals surface area contributed by atoms with E-state index in [0.717, 1.165) is 18.2 Å². The van der Waals surface area contributed by atoms with Gasteiger partial charge < -0.3 is 15.4 Å². The third-order valence-corrected chi connectivity index (χ3v) is 6.15. The number of ether oxygens (including phenoxy) is 1. The van der Waals surface area contributed by atoms with E-state index in [4.69, 9.17) is 4.74 Å². The number of rotatable bonds is 7. The highest BCUT2D eigenvalue weighted by Crippen LogP contribution is 2.40. The molecule has 0 aromatic heterocycles. The quantitative estimate of drug-likeness (QED) is 0.496. The molecule has 0 saturated carbocycles. The van der Waals surface area contributed by atoms with E-state index < -0.39 is 23.7 Å². The van der Waals surface area contributed by atoms with Crippen LogP contribution in [-0.4, -0.2) is 30.6 Å². The first kappa shape index (κ1) is 23.1. The van der Waals surface area contributed by atoms with Crippen molar-refractivity contribution in [3.8, 4) is 6.07 Å². The van der Waals surface area contributed by atoms with Gasteiger partial charge >= 0.3 is 5.97 Å². The molecule has 3 rings (SSSR count). The highest BCUT2D eigenvalue weighted by Gasteiger charge is 2.44. The van der Waals surface area contributed by atoms with Crippen LogP contribution in [0.5, 0.6) is 0 Å². The van der Waals surface area contributed by atoms with Gasteiger partial charge in [-0.05, 0) is 29.7 Å². The normalized spacial score (nSPS) is 17.8. The molecule has 7 nitrogen and oxygen atoms in total. The molecule has 2 atom stereocenters. The zero-order chi connectivity index (χ0) is 23.1. The Bertz CT molecular complexity index is 1070. The summed E-state index contributed by atoms with van der Waals surface area (Å²) < 4.78 is 4.82. The van der Waals surface area contributed by atoms with E-state index in [9.17, 15) is 19.6 Å². The van der Waals surface area contributed by atoms with Gasteiger partial charge in [-0.3, -0.25) is 14.4 Å². The zero-order valence-electron chi connectivity index (χ0n) is 17.8. The number of benzene rings is 2. The number of carbonyl (C=O) groups is 3. The van der Waals surface area contributed by atoms with Gasteiger partial charge in [0.05, 0.1) is 29.5 Å². The van der Waals surface area contributed by atoms with Crippen LogP contribution in [0.1, 0.15) is 24.0 Å². The van der Waals surface area contributed by atoms with Crippen LogP contribution in [0.3, 0.4) is 0 Å². The topological polar surface area (TPSA) is 108 Å². The van der Waals surface area contributed by atoms with Crippen LogP contribution in [0.15, 0.2) is 65.2 Å². The van der Waals surface area contributed by atoms with E-state index in [2.05, 4.69) is 23.6 Å². The van der Waals surface area contributed by atoms with Crippen molar-refractivity contribution in [2.45, 2.75) is 19.3 Å². The van der Waals surface area contributed by atoms with Gasteiger partial charge in [-0.1, -0.05) is 61.2 Å². The van der Waals surface area contributed by atoms with Crippen LogP contribution in [0.4, 0.5) is 5.69 Å². The van der Waals surface area contributed by atoms with Crippen molar-refractivity contribution in [1.29, 1.82) is 5.26 Å². The lowest BCUT2D eigenvalue weighted by Gasteiger charge is -2.30. The molecule has 0 spiro atoms. The number of aryl methyl sites for hydroxylation is 1. The number of esters is 1. The first-order valence-electron chi connectivity index (χ1n) is 10.1. The second-order valence-electron chi connectivity index (χ2n) is 7.12. The Kier molecular flexibility index (Phi) is 7.68. The third-order valence-electron chi connectivity index (χ3n) is 5.14. The van der Waals surface area contributed by atoms with E-state index in [1.807, 2.05) is 30.3 Å². The molecule has 2 aromatic rings. The summed E-state index contributed by atoms with van der Waals surface area (Å²) in [4.78, 5) is 37.6. The zero-order valence-corrected chi connectivity index (χ0v) is 18.6. The van der Waals surface area contributed by atoms with Crippen molar-refractivity contribution in [3.05, 3.63) is 76.3 Å². The summed E-state index contributed by atoms with van der Waals surface area (Å²) in [6.07, 6.45) is 0.907. The second-order valence-corrected chi connectivity index (χ2v) is 8.11. The first-order valence-corrected chi connectivity index (χ1v) is 11.1. The minimum Gasteiger partial charge on any atom is -0.468 e. The fraction of sp³-hybridized carbons (Fsp3) is 0.250. The molecule has 0 fully saturated rings. The fourth-order valence-corrected chi connectivity index (χ4v) is 4.35. The van der Waals surface area contributed by atoms with Gasteiger partial charge in [-0.25, -0.2) is 0 Å². The van der Waals surface area contributed by atoms with Gasteiger partial charge in [0.2, 0.25) is 11.8 Å². The van der Waals surface area contributed by atoms with Crippen molar-refractivity contribution < 1.29 is 19.1 Å². The lowest BCUT2D eigenvalue weighted by atomic mass is 9.78. The maximum absolute atomic E-state index is 12.8. The minimum atomic E-state index is -1.19. The molecule has 0 bridgehead atoms. The Balaban J connectivity index is 1.82. The Labute approximate surface area is 190 Å². The maximum Gasteiger partial charge on any atom is 0.319 e. The standard InChI is InChI=1S/C24H23N3O4S/c1-3-15-9-11-17(12-10-15)26-19(28)14-32-23-18(13-25)20(16-7-5-4-6-8-16)21(22(29)27-23)24(30)31-2/h4-12,20-21H,3,14H2,1-2H3,(H,26,28)(H,27,29)/t20-,21+/m0/s1. The summed E-state index contributed by atoms with van der Waals surface area (Å²) in [6.45, 7) is 2.05. The maximum atomic E-state index is 12.8. The summed E-state index contributed by atoms with van der Waals surface area (Å²) >= 11 is 1.05. The highest BCUT2D eigenvalue weighted by molar-refractivity contribution is 8.03. The number of allylic oxidation sites excluding steroid dienone is 1. The van der Waals surface area contributed by atoms with Crippen LogP contribution in [0, 0.1) is 17.2 Å². The Morgan fingerprint density at radius 1 is 1.16 bits per heavy atom. The number of amides is 2. The van der Waals surface area contributed by atoms with Gasteiger partial charge in [-0.15, -0.1) is 0 Å². The van der Waals surface area contributed by atoms with Crippen molar-refractivity contribution in [3.63, 3.8) is 0 Å². The third kappa shape index (κ3) is 5.18. The number of anilines is 1. The van der Waals surface area contributed by atoms with Crippen molar-refractivity contribution in [2.24, 2.45) is 5.92 Å². The second kappa shape index (κ2) is 10.6. The molecule has 2 N–H and O–H groups in total. The monoisotopic (exact) mass is 449 g/mol. The highest BCUT2D eigenvalue weighted by atomic mass is 32.2. The SMILES string of the molecule is CCc1ccc(NC(=O)CSC2=C(C#N)[C@H](c3ccccc3)[C@@H](C(=O)OC)C(=O)N2)cc1. The lowest BCUT2D eigenvalue weighted by molar-refractivity contribution is -0.150. The number of nitrogens with one attached hydrogen (secondary N) is 2. The van der Waals surface area contributed by atoms with Crippen LogP contribution < -0.4 is 10.6 Å². The van der Waals surface area contributed by atoms with Crippen molar-refractivity contribution in [2.75, 3.05) is 18.2 Å². The summed E-state index contributed by atoms with van der Waals surface area (Å²) in [5.74, 6) is -3.56. The Morgan fingerprint density at radius 2 is 1.84 bits per heavy atom. The first-order chi connectivity index (χ1) is 15.5. The smallest absolute Gasteiger partial charge is 0.319 e. The Hall–Kier alpha value is -3.57. The molecule has 1 aliphatic rings. The molecular formula is C24H23N3O4S. The molecule has 164 valence electrons. The number of nitrogens with zero attached hydrogens (tertiary/aromatic N) is 1. The number of methoxy groups -OCH3 is 1. The molecule has 2 amide bonds. The average Bonchev–Trinajstić information content (AvgIpc) is 2.82. The minimum absolute atomic E-state index is 0.0132. The predicted molar refractivity (Wildman–Crippen MR) is 122 cm³/mol. The number of nitriles is 1. The molecule has 1 heterocycles. The van der Waals surface area contributed by atoms with Crippen LogP contribution in [0.25, 0.3) is 0 Å². The van der Waals surface area contributed by atoms with Gasteiger partial charge in [0.15, 0.2) is 0 Å². The number of thioether (sulfide) groups is 1. The number of hydrogen-bond acceptors (Lipinski definition) is 6. The Morgan fingerprint density at radius 3 is 2.44 bits per heavy atom. The molecule has 0 unspecified atom stereocenters. The van der Waals surface area contributed by atoms with Gasteiger partial charge in [0, 0.05) is 11.6 Å². The summed E-state index contributed by atoms with van der Waals surface area (Å²) in [6, 6.07) is 18.5. The van der Waals surface area contributed by atoms with E-state index in [1.54, 1.807) is 24.3 Å². The van der Waals surface area contributed by atoms with Gasteiger partial charge in [0.25, 0.3) is 0 Å². The van der Waals surface area contributed by atoms with Gasteiger partial charge in [0.1, 0.15) is 5.92 Å². The summed E-state index contributed by atoms with van der Waals surface area (Å²) in [7, 11) is 1.20. The predicted octanol–water partition coefficient (Wildman–Crippen LogP) is 3.36. The van der Waals surface area contributed by atoms with Gasteiger partial charge in [-0.2, -0.15) is 5.26 Å². The molecule has 0 aliphatic carbocycles. The van der Waals surface area contributed by atoms with E-state index >= 15 is 0 Å². The molecule has 0 radical (unpaired) electrons. The number of carbonyl (C=O) groups excluding carboxylic acids is 3. The molecule has 2 aromatic carbocycles.